The van der Waals surface area contributed by atoms with Crippen LogP contribution >= 0.6 is 15.9 Å². The van der Waals surface area contributed by atoms with E-state index in [0.29, 0.717) is 9.99 Å². The Balaban J connectivity index is 2.07. The van der Waals surface area contributed by atoms with Gasteiger partial charge >= 0.3 is 10.1 Å². The summed E-state index contributed by atoms with van der Waals surface area (Å²) in [5, 5.41) is 0.818. The fourth-order valence-electron chi connectivity index (χ4n) is 2.12. The summed E-state index contributed by atoms with van der Waals surface area (Å²) in [6.07, 6.45) is 1.60. The minimum absolute atomic E-state index is 0.0889. The number of hydrogen-bond donors (Lipinski definition) is 0. The maximum absolute atomic E-state index is 12.5. The molecule has 0 radical (unpaired) electrons. The molecule has 0 unspecified atom stereocenters. The maximum Gasteiger partial charge on any atom is 0.340 e. The largest absolute Gasteiger partial charge is 0.377 e. The molecule has 4 nitrogen and oxygen atoms in total. The van der Waals surface area contributed by atoms with Gasteiger partial charge in [-0.2, -0.15) is 8.42 Å². The van der Waals surface area contributed by atoms with Crippen molar-refractivity contribution >= 4 is 37.0 Å². The van der Waals surface area contributed by atoms with E-state index < -0.39 is 10.1 Å². The quantitative estimate of drug-likeness (QED) is 0.645. The number of halogens is 1. The average Bonchev–Trinajstić information content (AvgIpc) is 2.47. The summed E-state index contributed by atoms with van der Waals surface area (Å²) < 4.78 is 30.8. The van der Waals surface area contributed by atoms with Crippen LogP contribution in [0, 0.1) is 6.92 Å². The van der Waals surface area contributed by atoms with E-state index in [-0.39, 0.29) is 10.6 Å². The zero-order valence-electron chi connectivity index (χ0n) is 11.7. The van der Waals surface area contributed by atoms with E-state index in [4.69, 9.17) is 4.18 Å². The highest BCUT2D eigenvalue weighted by atomic mass is 79.9. The van der Waals surface area contributed by atoms with Crippen LogP contribution in [0.15, 0.2) is 64.1 Å². The second kappa shape index (κ2) is 5.70. The van der Waals surface area contributed by atoms with Crippen molar-refractivity contribution in [1.82, 2.24) is 4.98 Å². The monoisotopic (exact) mass is 377 g/mol. The molecular weight excluding hydrogens is 366 g/mol. The molecule has 1 heterocycles. The Morgan fingerprint density at radius 1 is 1.09 bits per heavy atom. The highest BCUT2D eigenvalue weighted by molar-refractivity contribution is 9.10. The summed E-state index contributed by atoms with van der Waals surface area (Å²) in [5.41, 5.74) is 1.47. The third kappa shape index (κ3) is 2.84. The summed E-state index contributed by atoms with van der Waals surface area (Å²) in [5.74, 6) is 0.213. The predicted molar refractivity (Wildman–Crippen MR) is 88.4 cm³/mol. The Morgan fingerprint density at radius 2 is 1.86 bits per heavy atom. The molecule has 3 aromatic rings. The molecule has 0 aliphatic rings. The molecule has 6 heteroatoms. The first-order chi connectivity index (χ1) is 10.5. The molecule has 0 fully saturated rings. The average molecular weight is 378 g/mol. The van der Waals surface area contributed by atoms with Crippen molar-refractivity contribution in [3.05, 3.63) is 64.8 Å². The normalized spacial score (nSPS) is 11.5. The Bertz CT molecular complexity index is 949. The van der Waals surface area contributed by atoms with Crippen LogP contribution in [0.1, 0.15) is 5.56 Å². The van der Waals surface area contributed by atoms with Gasteiger partial charge in [0.05, 0.1) is 0 Å². The van der Waals surface area contributed by atoms with E-state index in [2.05, 4.69) is 20.9 Å². The van der Waals surface area contributed by atoms with Gasteiger partial charge in [0, 0.05) is 16.1 Å². The van der Waals surface area contributed by atoms with Crippen LogP contribution in [0.4, 0.5) is 0 Å². The van der Waals surface area contributed by atoms with Gasteiger partial charge < -0.3 is 4.18 Å². The van der Waals surface area contributed by atoms with Crippen LogP contribution in [0.25, 0.3) is 10.9 Å². The molecule has 2 aromatic carbocycles. The number of nitrogens with zero attached hydrogens (tertiary/aromatic N) is 1. The van der Waals surface area contributed by atoms with E-state index >= 15 is 0 Å². The van der Waals surface area contributed by atoms with Gasteiger partial charge in [-0.3, -0.25) is 4.98 Å². The van der Waals surface area contributed by atoms with Gasteiger partial charge in [-0.15, -0.1) is 0 Å². The Morgan fingerprint density at radius 3 is 2.64 bits per heavy atom. The number of rotatable bonds is 3. The van der Waals surface area contributed by atoms with Gasteiger partial charge in [0.25, 0.3) is 0 Å². The zero-order valence-corrected chi connectivity index (χ0v) is 14.1. The lowest BCUT2D eigenvalue weighted by molar-refractivity contribution is 0.487. The van der Waals surface area contributed by atoms with Gasteiger partial charge in [0.15, 0.2) is 5.75 Å². The first-order valence-corrected chi connectivity index (χ1v) is 8.72. The molecular formula is C16H12BrNO3S. The second-order valence-corrected chi connectivity index (χ2v) is 7.17. The molecule has 0 saturated carbocycles. The van der Waals surface area contributed by atoms with E-state index in [1.807, 2.05) is 19.1 Å². The number of para-hydroxylation sites is 1. The molecule has 0 aliphatic heterocycles. The Labute approximate surface area is 137 Å². The highest BCUT2D eigenvalue weighted by Crippen LogP contribution is 2.29. The fraction of sp³-hybridized carbons (Fsp3) is 0.0625. The topological polar surface area (TPSA) is 56.3 Å². The standard InChI is InChI=1S/C16H12BrNO3S/c1-11-7-8-15(13(17)10-11)22(19,20)21-14-6-2-4-12-5-3-9-18-16(12)14/h2-10H,1H3. The Hall–Kier alpha value is -1.92. The number of hydrogen-bond acceptors (Lipinski definition) is 4. The van der Waals surface area contributed by atoms with Crippen molar-refractivity contribution in [2.24, 2.45) is 0 Å². The van der Waals surface area contributed by atoms with Crippen molar-refractivity contribution in [3.8, 4) is 5.75 Å². The van der Waals surface area contributed by atoms with Crippen molar-refractivity contribution in [3.63, 3.8) is 0 Å². The zero-order chi connectivity index (χ0) is 15.7. The third-order valence-corrected chi connectivity index (χ3v) is 5.36. The number of fused-ring (bicyclic) bond motifs is 1. The summed E-state index contributed by atoms with van der Waals surface area (Å²) in [6, 6.07) is 13.8. The molecule has 112 valence electrons. The molecule has 0 aliphatic carbocycles. The molecule has 22 heavy (non-hydrogen) atoms. The minimum atomic E-state index is -3.94. The van der Waals surface area contributed by atoms with Crippen molar-refractivity contribution < 1.29 is 12.6 Å². The number of aromatic nitrogens is 1. The lowest BCUT2D eigenvalue weighted by atomic mass is 10.2. The van der Waals surface area contributed by atoms with Gasteiger partial charge in [-0.1, -0.05) is 24.3 Å². The lowest BCUT2D eigenvalue weighted by Crippen LogP contribution is -2.11. The fourth-order valence-corrected chi connectivity index (χ4v) is 4.20. The van der Waals surface area contributed by atoms with E-state index in [9.17, 15) is 8.42 Å². The smallest absolute Gasteiger partial charge is 0.340 e. The first kappa shape index (κ1) is 15.0. The molecule has 0 bridgehead atoms. The van der Waals surface area contributed by atoms with Crippen LogP contribution in [0.2, 0.25) is 0 Å². The molecule has 0 saturated heterocycles. The third-order valence-electron chi connectivity index (χ3n) is 3.15. The van der Waals surface area contributed by atoms with Gasteiger partial charge in [0.2, 0.25) is 0 Å². The predicted octanol–water partition coefficient (Wildman–Crippen LogP) is 4.07. The number of pyridine rings is 1. The molecule has 0 atom stereocenters. The van der Waals surface area contributed by atoms with Crippen LogP contribution < -0.4 is 4.18 Å². The highest BCUT2D eigenvalue weighted by Gasteiger charge is 2.21. The van der Waals surface area contributed by atoms with Crippen LogP contribution in [0.5, 0.6) is 5.75 Å². The summed E-state index contributed by atoms with van der Waals surface area (Å²) >= 11 is 3.27. The van der Waals surface area contributed by atoms with Gasteiger partial charge in [-0.05, 0) is 52.7 Å². The maximum atomic E-state index is 12.5. The molecule has 0 spiro atoms. The Kier molecular flexibility index (Phi) is 3.88. The van der Waals surface area contributed by atoms with Crippen LogP contribution in [-0.2, 0) is 10.1 Å². The summed E-state index contributed by atoms with van der Waals surface area (Å²) in [7, 11) is -3.94. The van der Waals surface area contributed by atoms with Gasteiger partial charge in [-0.25, -0.2) is 0 Å². The van der Waals surface area contributed by atoms with Crippen molar-refractivity contribution in [2.45, 2.75) is 11.8 Å². The van der Waals surface area contributed by atoms with Crippen LogP contribution in [0.3, 0.4) is 0 Å². The molecule has 3 rings (SSSR count). The number of benzene rings is 2. The van der Waals surface area contributed by atoms with Crippen molar-refractivity contribution in [2.75, 3.05) is 0 Å². The number of aryl methyl sites for hydroxylation is 1. The van der Waals surface area contributed by atoms with Gasteiger partial charge in [0.1, 0.15) is 10.4 Å². The van der Waals surface area contributed by atoms with E-state index in [1.54, 1.807) is 36.5 Å². The molecule has 0 N–H and O–H groups in total. The minimum Gasteiger partial charge on any atom is -0.377 e. The SMILES string of the molecule is Cc1ccc(S(=O)(=O)Oc2cccc3cccnc23)c(Br)c1. The van der Waals surface area contributed by atoms with Crippen LogP contribution in [-0.4, -0.2) is 13.4 Å². The summed E-state index contributed by atoms with van der Waals surface area (Å²) in [4.78, 5) is 4.28. The lowest BCUT2D eigenvalue weighted by Gasteiger charge is -2.10. The van der Waals surface area contributed by atoms with E-state index in [1.165, 1.54) is 6.07 Å². The summed E-state index contributed by atoms with van der Waals surface area (Å²) in [6.45, 7) is 1.89. The molecule has 1 aromatic heterocycles. The molecule has 0 amide bonds. The second-order valence-electron chi connectivity index (χ2n) is 4.80. The van der Waals surface area contributed by atoms with E-state index in [0.717, 1.165) is 10.9 Å². The first-order valence-electron chi connectivity index (χ1n) is 6.52. The van der Waals surface area contributed by atoms with Crippen molar-refractivity contribution in [1.29, 1.82) is 0 Å².